The molecule has 0 saturated heterocycles. The predicted molar refractivity (Wildman–Crippen MR) is 63.2 cm³/mol. The highest BCUT2D eigenvalue weighted by Gasteiger charge is 2.06. The molecular weight excluding hydrogens is 210 g/mol. The number of rotatable bonds is 3. The van der Waals surface area contributed by atoms with E-state index in [4.69, 9.17) is 17.3 Å². The van der Waals surface area contributed by atoms with Gasteiger partial charge in [0.2, 0.25) is 0 Å². The second-order valence-corrected chi connectivity index (χ2v) is 4.05. The lowest BCUT2D eigenvalue weighted by molar-refractivity contribution is 0.598. The molecule has 2 N–H and O–H groups in total. The van der Waals surface area contributed by atoms with Gasteiger partial charge in [0.05, 0.1) is 11.2 Å². The normalized spacial score (nSPS) is 11.1. The fraction of sp³-hybridized carbons (Fsp3) is 0.364. The Morgan fingerprint density at radius 3 is 3.00 bits per heavy atom. The second-order valence-electron chi connectivity index (χ2n) is 3.61. The van der Waals surface area contributed by atoms with Crippen molar-refractivity contribution in [2.75, 3.05) is 6.54 Å². The van der Waals surface area contributed by atoms with E-state index in [-0.39, 0.29) is 0 Å². The molecular formula is C11H14ClN3. The van der Waals surface area contributed by atoms with Crippen molar-refractivity contribution in [1.29, 1.82) is 0 Å². The van der Waals surface area contributed by atoms with Crippen molar-refractivity contribution < 1.29 is 0 Å². The molecule has 0 radical (unpaired) electrons. The van der Waals surface area contributed by atoms with E-state index in [0.717, 1.165) is 34.6 Å². The highest BCUT2D eigenvalue weighted by Crippen LogP contribution is 2.22. The van der Waals surface area contributed by atoms with Crippen molar-refractivity contribution in [2.45, 2.75) is 19.9 Å². The van der Waals surface area contributed by atoms with E-state index in [0.29, 0.717) is 6.54 Å². The van der Waals surface area contributed by atoms with Gasteiger partial charge in [-0.3, -0.25) is 4.68 Å². The molecule has 0 unspecified atom stereocenters. The van der Waals surface area contributed by atoms with E-state index < -0.39 is 0 Å². The van der Waals surface area contributed by atoms with Crippen LogP contribution >= 0.6 is 11.6 Å². The topological polar surface area (TPSA) is 43.8 Å². The summed E-state index contributed by atoms with van der Waals surface area (Å²) in [6, 6.07) is 5.86. The fourth-order valence-corrected chi connectivity index (χ4v) is 1.89. The average Bonchev–Trinajstić information content (AvgIpc) is 2.52. The van der Waals surface area contributed by atoms with Crippen LogP contribution in [0.25, 0.3) is 10.9 Å². The van der Waals surface area contributed by atoms with Gasteiger partial charge in [0, 0.05) is 17.0 Å². The minimum absolute atomic E-state index is 0.682. The van der Waals surface area contributed by atoms with Crippen molar-refractivity contribution >= 4 is 22.5 Å². The number of benzene rings is 1. The van der Waals surface area contributed by atoms with Gasteiger partial charge in [0.25, 0.3) is 0 Å². The summed E-state index contributed by atoms with van der Waals surface area (Å²) in [4.78, 5) is 0. The van der Waals surface area contributed by atoms with E-state index in [2.05, 4.69) is 5.10 Å². The summed E-state index contributed by atoms with van der Waals surface area (Å²) < 4.78 is 1.98. The van der Waals surface area contributed by atoms with Crippen molar-refractivity contribution in [3.8, 4) is 0 Å². The molecule has 0 spiro atoms. The van der Waals surface area contributed by atoms with E-state index in [9.17, 15) is 0 Å². The van der Waals surface area contributed by atoms with Gasteiger partial charge in [-0.25, -0.2) is 0 Å². The van der Waals surface area contributed by atoms with Crippen molar-refractivity contribution in [3.05, 3.63) is 28.9 Å². The third-order valence-electron chi connectivity index (χ3n) is 2.47. The molecule has 1 aromatic carbocycles. The van der Waals surface area contributed by atoms with E-state index in [1.165, 1.54) is 0 Å². The van der Waals surface area contributed by atoms with Crippen LogP contribution in [0.1, 0.15) is 12.1 Å². The zero-order chi connectivity index (χ0) is 10.8. The Bertz CT molecular complexity index is 476. The Morgan fingerprint density at radius 1 is 1.47 bits per heavy atom. The minimum atomic E-state index is 0.682. The van der Waals surface area contributed by atoms with E-state index in [1.807, 2.05) is 29.8 Å². The maximum Gasteiger partial charge on any atom is 0.0700 e. The summed E-state index contributed by atoms with van der Waals surface area (Å²) in [5.74, 6) is 0. The summed E-state index contributed by atoms with van der Waals surface area (Å²) in [7, 11) is 0. The van der Waals surface area contributed by atoms with Crippen LogP contribution in [0.4, 0.5) is 0 Å². The highest BCUT2D eigenvalue weighted by atomic mass is 35.5. The van der Waals surface area contributed by atoms with Gasteiger partial charge in [-0.2, -0.15) is 5.10 Å². The maximum absolute atomic E-state index is 5.97. The first-order chi connectivity index (χ1) is 7.22. The first-order valence-electron chi connectivity index (χ1n) is 5.05. The Kier molecular flexibility index (Phi) is 2.93. The Morgan fingerprint density at radius 2 is 2.27 bits per heavy atom. The third-order valence-corrected chi connectivity index (χ3v) is 2.71. The smallest absolute Gasteiger partial charge is 0.0700 e. The molecule has 1 aromatic heterocycles. The molecule has 15 heavy (non-hydrogen) atoms. The lowest BCUT2D eigenvalue weighted by atomic mass is 10.2. The summed E-state index contributed by atoms with van der Waals surface area (Å²) >= 11 is 5.97. The lowest BCUT2D eigenvalue weighted by Crippen LogP contribution is -2.06. The third kappa shape index (κ3) is 1.98. The van der Waals surface area contributed by atoms with Crippen LogP contribution in [0.15, 0.2) is 18.2 Å². The number of aryl methyl sites for hydroxylation is 2. The molecule has 0 bridgehead atoms. The largest absolute Gasteiger partial charge is 0.330 e. The van der Waals surface area contributed by atoms with Gasteiger partial charge in [-0.05, 0) is 38.1 Å². The van der Waals surface area contributed by atoms with Crippen molar-refractivity contribution in [3.63, 3.8) is 0 Å². The highest BCUT2D eigenvalue weighted by molar-refractivity contribution is 6.31. The number of fused-ring (bicyclic) bond motifs is 1. The SMILES string of the molecule is Cc1nn(CCCN)c2cc(Cl)ccc12. The second kappa shape index (κ2) is 4.21. The van der Waals surface area contributed by atoms with Gasteiger partial charge in [0.15, 0.2) is 0 Å². The standard InChI is InChI=1S/C11H14ClN3/c1-8-10-4-3-9(12)7-11(10)15(14-8)6-2-5-13/h3-4,7H,2,5-6,13H2,1H3. The van der Waals surface area contributed by atoms with Crippen LogP contribution in [0.3, 0.4) is 0 Å². The summed E-state index contributed by atoms with van der Waals surface area (Å²) in [5.41, 5.74) is 7.62. The van der Waals surface area contributed by atoms with E-state index >= 15 is 0 Å². The van der Waals surface area contributed by atoms with Crippen LogP contribution < -0.4 is 5.73 Å². The number of halogens is 1. The molecule has 2 aromatic rings. The summed E-state index contributed by atoms with van der Waals surface area (Å²) in [6.45, 7) is 3.54. The molecule has 80 valence electrons. The van der Waals surface area contributed by atoms with Crippen LogP contribution in [0.2, 0.25) is 5.02 Å². The lowest BCUT2D eigenvalue weighted by Gasteiger charge is -2.01. The maximum atomic E-state index is 5.97. The number of nitrogens with zero attached hydrogens (tertiary/aromatic N) is 2. The number of hydrogen-bond donors (Lipinski definition) is 1. The molecule has 2 rings (SSSR count). The molecule has 4 heteroatoms. The predicted octanol–water partition coefficient (Wildman–Crippen LogP) is 2.35. The Labute approximate surface area is 93.8 Å². The van der Waals surface area contributed by atoms with E-state index in [1.54, 1.807) is 0 Å². The van der Waals surface area contributed by atoms with Crippen molar-refractivity contribution in [2.24, 2.45) is 5.73 Å². The van der Waals surface area contributed by atoms with Crippen molar-refractivity contribution in [1.82, 2.24) is 9.78 Å². The van der Waals surface area contributed by atoms with Crippen LogP contribution in [0, 0.1) is 6.92 Å². The van der Waals surface area contributed by atoms with Gasteiger partial charge in [-0.1, -0.05) is 11.6 Å². The Balaban J connectivity index is 2.49. The number of hydrogen-bond acceptors (Lipinski definition) is 2. The molecule has 0 aliphatic heterocycles. The van der Waals surface area contributed by atoms with Crippen LogP contribution in [0.5, 0.6) is 0 Å². The summed E-state index contributed by atoms with van der Waals surface area (Å²) in [6.07, 6.45) is 0.933. The quantitative estimate of drug-likeness (QED) is 0.868. The molecule has 0 aliphatic carbocycles. The van der Waals surface area contributed by atoms with Gasteiger partial charge in [-0.15, -0.1) is 0 Å². The zero-order valence-corrected chi connectivity index (χ0v) is 9.46. The average molecular weight is 224 g/mol. The molecule has 0 atom stereocenters. The molecule has 0 amide bonds. The molecule has 3 nitrogen and oxygen atoms in total. The van der Waals surface area contributed by atoms with Crippen LogP contribution in [-0.4, -0.2) is 16.3 Å². The molecule has 1 heterocycles. The first-order valence-corrected chi connectivity index (χ1v) is 5.43. The molecule has 0 fully saturated rings. The first kappa shape index (κ1) is 10.5. The fourth-order valence-electron chi connectivity index (χ4n) is 1.72. The monoisotopic (exact) mass is 223 g/mol. The zero-order valence-electron chi connectivity index (χ0n) is 8.70. The number of aromatic nitrogens is 2. The number of nitrogens with two attached hydrogens (primary N) is 1. The Hall–Kier alpha value is -1.06. The van der Waals surface area contributed by atoms with Gasteiger partial charge < -0.3 is 5.73 Å². The van der Waals surface area contributed by atoms with Gasteiger partial charge >= 0.3 is 0 Å². The minimum Gasteiger partial charge on any atom is -0.330 e. The van der Waals surface area contributed by atoms with Gasteiger partial charge in [0.1, 0.15) is 0 Å². The van der Waals surface area contributed by atoms with Crippen LogP contribution in [-0.2, 0) is 6.54 Å². The molecule has 0 saturated carbocycles. The molecule has 0 aliphatic rings. The summed E-state index contributed by atoms with van der Waals surface area (Å²) in [5, 5.41) is 6.38.